The number of benzene rings is 2. The Balaban J connectivity index is 1.28. The van der Waals surface area contributed by atoms with Gasteiger partial charge in [0.15, 0.2) is 0 Å². The normalized spacial score (nSPS) is 15.5. The fraction of sp³-hybridized carbons (Fsp3) is 0.304. The van der Waals surface area contributed by atoms with Crippen molar-refractivity contribution in [1.29, 1.82) is 0 Å². The van der Waals surface area contributed by atoms with Crippen LogP contribution < -0.4 is 5.32 Å². The molecule has 1 aliphatic rings. The number of nitrogens with one attached hydrogen (secondary N) is 1. The van der Waals surface area contributed by atoms with E-state index >= 15 is 0 Å². The van der Waals surface area contributed by atoms with E-state index in [1.54, 1.807) is 11.3 Å². The highest BCUT2D eigenvalue weighted by Crippen LogP contribution is 2.24. The van der Waals surface area contributed by atoms with Crippen molar-refractivity contribution in [2.75, 3.05) is 38.0 Å². The number of rotatable bonds is 7. The second-order valence-electron chi connectivity index (χ2n) is 7.80. The Hall–Kier alpha value is -2.59. The van der Waals surface area contributed by atoms with E-state index in [0.717, 1.165) is 27.5 Å². The van der Waals surface area contributed by atoms with E-state index in [-0.39, 0.29) is 18.2 Å². The topological polar surface area (TPSA) is 82.6 Å². The summed E-state index contributed by atoms with van der Waals surface area (Å²) in [5.41, 5.74) is 3.37. The van der Waals surface area contributed by atoms with Gasteiger partial charge >= 0.3 is 0 Å². The number of nitrogens with zero attached hydrogens (tertiary/aromatic N) is 3. The molecule has 0 atom stereocenters. The number of carbonyl (C=O) groups excluding carboxylic acids is 1. The molecule has 0 radical (unpaired) electrons. The van der Waals surface area contributed by atoms with Gasteiger partial charge < -0.3 is 5.32 Å². The van der Waals surface area contributed by atoms with E-state index in [1.807, 2.05) is 71.8 Å². The predicted molar refractivity (Wildman–Crippen MR) is 128 cm³/mol. The molecule has 3 aromatic rings. The maximum Gasteiger partial charge on any atom is 0.238 e. The summed E-state index contributed by atoms with van der Waals surface area (Å²) in [5, 5.41) is 5.94. The molecule has 0 saturated carbocycles. The van der Waals surface area contributed by atoms with E-state index in [4.69, 9.17) is 0 Å². The SMILES string of the molecule is Cc1nc(-c2cccc(NC(=O)CN3CCN(S(=O)(=O)Cc4ccccc4)CC3)c2)cs1. The summed E-state index contributed by atoms with van der Waals surface area (Å²) in [6.07, 6.45) is 0. The Morgan fingerprint density at radius 2 is 1.81 bits per heavy atom. The smallest absolute Gasteiger partial charge is 0.238 e. The third-order valence-electron chi connectivity index (χ3n) is 5.34. The molecule has 1 aliphatic heterocycles. The Labute approximate surface area is 192 Å². The molecule has 1 N–H and O–H groups in total. The fourth-order valence-corrected chi connectivity index (χ4v) is 5.84. The molecule has 0 spiro atoms. The lowest BCUT2D eigenvalue weighted by atomic mass is 10.1. The summed E-state index contributed by atoms with van der Waals surface area (Å²) in [7, 11) is -3.37. The third kappa shape index (κ3) is 5.80. The van der Waals surface area contributed by atoms with E-state index < -0.39 is 10.0 Å². The molecule has 0 aliphatic carbocycles. The highest BCUT2D eigenvalue weighted by molar-refractivity contribution is 7.88. The quantitative estimate of drug-likeness (QED) is 0.573. The van der Waals surface area contributed by atoms with Gasteiger partial charge in [-0.15, -0.1) is 11.3 Å². The van der Waals surface area contributed by atoms with Crippen LogP contribution in [-0.4, -0.2) is 61.2 Å². The zero-order valence-electron chi connectivity index (χ0n) is 17.9. The summed E-state index contributed by atoms with van der Waals surface area (Å²) in [6, 6.07) is 16.8. The van der Waals surface area contributed by atoms with Crippen LogP contribution in [0.4, 0.5) is 5.69 Å². The minimum atomic E-state index is -3.37. The summed E-state index contributed by atoms with van der Waals surface area (Å²) >= 11 is 1.59. The molecule has 32 heavy (non-hydrogen) atoms. The van der Waals surface area contributed by atoms with Crippen LogP contribution in [0.3, 0.4) is 0 Å². The van der Waals surface area contributed by atoms with Gasteiger partial charge in [0.25, 0.3) is 0 Å². The zero-order valence-corrected chi connectivity index (χ0v) is 19.5. The van der Waals surface area contributed by atoms with E-state index in [1.165, 1.54) is 4.31 Å². The number of hydrogen-bond donors (Lipinski definition) is 1. The van der Waals surface area contributed by atoms with Gasteiger partial charge in [-0.1, -0.05) is 42.5 Å². The largest absolute Gasteiger partial charge is 0.325 e. The van der Waals surface area contributed by atoms with Gasteiger partial charge in [-0.05, 0) is 24.6 Å². The highest BCUT2D eigenvalue weighted by Gasteiger charge is 2.27. The fourth-order valence-electron chi connectivity index (χ4n) is 3.70. The molecule has 2 aromatic carbocycles. The molecule has 1 fully saturated rings. The van der Waals surface area contributed by atoms with Crippen molar-refractivity contribution >= 4 is 33.0 Å². The first-order valence-electron chi connectivity index (χ1n) is 10.5. The number of piperazine rings is 1. The Morgan fingerprint density at radius 3 is 2.50 bits per heavy atom. The lowest BCUT2D eigenvalue weighted by molar-refractivity contribution is -0.117. The number of thiazole rings is 1. The molecule has 1 saturated heterocycles. The molecule has 1 aromatic heterocycles. The molecular weight excluding hydrogens is 444 g/mol. The second-order valence-corrected chi connectivity index (χ2v) is 10.8. The molecular formula is C23H26N4O3S2. The zero-order chi connectivity index (χ0) is 22.6. The van der Waals surface area contributed by atoms with Gasteiger partial charge in [0.2, 0.25) is 15.9 Å². The molecule has 7 nitrogen and oxygen atoms in total. The predicted octanol–water partition coefficient (Wildman–Crippen LogP) is 3.20. The van der Waals surface area contributed by atoms with Gasteiger partial charge in [-0.3, -0.25) is 9.69 Å². The first-order chi connectivity index (χ1) is 15.4. The number of amides is 1. The van der Waals surface area contributed by atoms with Crippen molar-refractivity contribution in [3.8, 4) is 11.3 Å². The van der Waals surface area contributed by atoms with Crippen LogP contribution in [0.5, 0.6) is 0 Å². The first kappa shape index (κ1) is 22.6. The van der Waals surface area contributed by atoms with Crippen molar-refractivity contribution in [1.82, 2.24) is 14.2 Å². The van der Waals surface area contributed by atoms with E-state index in [0.29, 0.717) is 26.2 Å². The average Bonchev–Trinajstić information content (AvgIpc) is 3.21. The van der Waals surface area contributed by atoms with Crippen molar-refractivity contribution in [3.05, 3.63) is 70.5 Å². The van der Waals surface area contributed by atoms with Gasteiger partial charge in [0.1, 0.15) is 0 Å². The van der Waals surface area contributed by atoms with Gasteiger partial charge in [-0.2, -0.15) is 4.31 Å². The van der Waals surface area contributed by atoms with Crippen molar-refractivity contribution in [2.45, 2.75) is 12.7 Å². The van der Waals surface area contributed by atoms with E-state index in [2.05, 4.69) is 10.3 Å². The van der Waals surface area contributed by atoms with Crippen molar-refractivity contribution < 1.29 is 13.2 Å². The van der Waals surface area contributed by atoms with Gasteiger partial charge in [-0.25, -0.2) is 13.4 Å². The highest BCUT2D eigenvalue weighted by atomic mass is 32.2. The average molecular weight is 471 g/mol. The summed E-state index contributed by atoms with van der Waals surface area (Å²) in [4.78, 5) is 19.0. The van der Waals surface area contributed by atoms with Crippen LogP contribution >= 0.6 is 11.3 Å². The van der Waals surface area contributed by atoms with E-state index in [9.17, 15) is 13.2 Å². The lowest BCUT2D eigenvalue weighted by Crippen LogP contribution is -2.50. The third-order valence-corrected chi connectivity index (χ3v) is 7.97. The number of sulfonamides is 1. The van der Waals surface area contributed by atoms with Crippen molar-refractivity contribution in [3.63, 3.8) is 0 Å². The van der Waals surface area contributed by atoms with Crippen LogP contribution in [0.2, 0.25) is 0 Å². The standard InChI is InChI=1S/C23H26N4O3S2/c1-18-24-22(16-31-18)20-8-5-9-21(14-20)25-23(28)15-26-10-12-27(13-11-26)32(29,30)17-19-6-3-2-4-7-19/h2-9,14,16H,10-13,15,17H2,1H3,(H,25,28). The number of aryl methyl sites for hydroxylation is 1. The Morgan fingerprint density at radius 1 is 1.06 bits per heavy atom. The molecule has 4 rings (SSSR count). The number of anilines is 1. The molecule has 2 heterocycles. The van der Waals surface area contributed by atoms with Gasteiger partial charge in [0, 0.05) is 42.8 Å². The maximum absolute atomic E-state index is 12.7. The molecule has 1 amide bonds. The summed E-state index contributed by atoms with van der Waals surface area (Å²) < 4.78 is 26.9. The van der Waals surface area contributed by atoms with Crippen molar-refractivity contribution in [2.24, 2.45) is 0 Å². The minimum absolute atomic E-state index is 0.00315. The minimum Gasteiger partial charge on any atom is -0.325 e. The second kappa shape index (κ2) is 9.91. The summed E-state index contributed by atoms with van der Waals surface area (Å²) in [5.74, 6) is -0.111. The number of hydrogen-bond acceptors (Lipinski definition) is 6. The molecule has 168 valence electrons. The maximum atomic E-state index is 12.7. The number of carbonyl (C=O) groups is 1. The number of aromatic nitrogens is 1. The van der Waals surface area contributed by atoms with Crippen LogP contribution in [0.15, 0.2) is 60.0 Å². The van der Waals surface area contributed by atoms with Gasteiger partial charge in [0.05, 0.1) is 23.0 Å². The molecule has 9 heteroatoms. The van der Waals surface area contributed by atoms with Crippen LogP contribution in [-0.2, 0) is 20.6 Å². The summed E-state index contributed by atoms with van der Waals surface area (Å²) in [6.45, 7) is 4.03. The van der Waals surface area contributed by atoms with Crippen LogP contribution in [0.1, 0.15) is 10.6 Å². The lowest BCUT2D eigenvalue weighted by Gasteiger charge is -2.33. The van der Waals surface area contributed by atoms with Crippen LogP contribution in [0, 0.1) is 6.92 Å². The molecule has 0 bridgehead atoms. The Bertz CT molecular complexity index is 1170. The first-order valence-corrected chi connectivity index (χ1v) is 12.9. The monoisotopic (exact) mass is 470 g/mol. The Kier molecular flexibility index (Phi) is 7.00. The molecule has 0 unspecified atom stereocenters. The van der Waals surface area contributed by atoms with Crippen LogP contribution in [0.25, 0.3) is 11.3 Å².